The van der Waals surface area contributed by atoms with Crippen LogP contribution >= 0.6 is 0 Å². The summed E-state index contributed by atoms with van der Waals surface area (Å²) in [7, 11) is 0. The van der Waals surface area contributed by atoms with Crippen LogP contribution in [0.1, 0.15) is 36.1 Å². The van der Waals surface area contributed by atoms with Crippen molar-refractivity contribution in [2.24, 2.45) is 4.99 Å². The fourth-order valence-electron chi connectivity index (χ4n) is 4.09. The smallest absolute Gasteiger partial charge is 0.339 e. The van der Waals surface area contributed by atoms with E-state index in [1.54, 1.807) is 24.4 Å². The Hall–Kier alpha value is -3.74. The van der Waals surface area contributed by atoms with Crippen LogP contribution < -0.4 is 5.32 Å². The summed E-state index contributed by atoms with van der Waals surface area (Å²) in [5, 5.41) is 4.07. The van der Waals surface area contributed by atoms with Crippen molar-refractivity contribution in [3.63, 3.8) is 0 Å². The minimum atomic E-state index is -4.49. The van der Waals surface area contributed by atoms with Crippen LogP contribution in [-0.4, -0.2) is 15.8 Å². The van der Waals surface area contributed by atoms with Crippen LogP contribution in [0, 0.1) is 0 Å². The number of aromatic nitrogens is 2. The largest absolute Gasteiger partial charge is 0.417 e. The molecule has 4 aromatic rings. The topological polar surface area (TPSA) is 50.2 Å². The summed E-state index contributed by atoms with van der Waals surface area (Å²) in [6.45, 7) is 2.08. The standard InChI is InChI=1S/C25H19F3N4/c1-2-20-15-8-3-4-9-16(15)24(30-20)32-22-14-21(31-23-18(22)11-7-13-29-23)17-10-5-6-12-19(17)25(26,27)28/h3-14,20H,2H2,1H3,(H,29,30,31,32). The number of rotatable bonds is 3. The van der Waals surface area contributed by atoms with Crippen molar-refractivity contribution in [2.75, 3.05) is 5.32 Å². The van der Waals surface area contributed by atoms with Crippen LogP contribution in [-0.2, 0) is 6.18 Å². The van der Waals surface area contributed by atoms with Gasteiger partial charge in [-0.15, -0.1) is 0 Å². The lowest BCUT2D eigenvalue weighted by atomic mass is 10.0. The second-order valence-electron chi connectivity index (χ2n) is 7.59. The number of hydrogen-bond donors (Lipinski definition) is 1. The van der Waals surface area contributed by atoms with Crippen molar-refractivity contribution >= 4 is 22.6 Å². The van der Waals surface area contributed by atoms with Gasteiger partial charge in [0.2, 0.25) is 0 Å². The molecule has 1 N–H and O–H groups in total. The SMILES string of the molecule is CCC1N=C(Nc2cc(-c3ccccc3C(F)(F)F)nc3ncccc23)c2ccccc21. The third kappa shape index (κ3) is 3.49. The second kappa shape index (κ2) is 7.75. The van der Waals surface area contributed by atoms with Crippen LogP contribution in [0.25, 0.3) is 22.3 Å². The summed E-state index contributed by atoms with van der Waals surface area (Å²) in [6, 6.07) is 18.7. The molecule has 4 nitrogen and oxygen atoms in total. The molecule has 5 rings (SSSR count). The third-order valence-corrected chi connectivity index (χ3v) is 5.59. The van der Waals surface area contributed by atoms with Crippen molar-refractivity contribution in [2.45, 2.75) is 25.6 Å². The Bertz CT molecular complexity index is 1340. The summed E-state index contributed by atoms with van der Waals surface area (Å²) < 4.78 is 40.9. The van der Waals surface area contributed by atoms with Gasteiger partial charge in [0.05, 0.1) is 23.0 Å². The van der Waals surface area contributed by atoms with E-state index in [-0.39, 0.29) is 17.3 Å². The van der Waals surface area contributed by atoms with Gasteiger partial charge in [0.25, 0.3) is 0 Å². The van der Waals surface area contributed by atoms with Gasteiger partial charge in [-0.2, -0.15) is 13.2 Å². The Morgan fingerprint density at radius 3 is 2.47 bits per heavy atom. The molecule has 32 heavy (non-hydrogen) atoms. The molecular formula is C25H19F3N4. The maximum atomic E-state index is 13.6. The molecule has 1 aliphatic heterocycles. The van der Waals surface area contributed by atoms with Gasteiger partial charge < -0.3 is 5.32 Å². The maximum Gasteiger partial charge on any atom is 0.417 e. The minimum Gasteiger partial charge on any atom is -0.339 e. The first kappa shape index (κ1) is 20.2. The van der Waals surface area contributed by atoms with Gasteiger partial charge in [0.1, 0.15) is 5.84 Å². The number of alkyl halides is 3. The van der Waals surface area contributed by atoms with Gasteiger partial charge in [-0.3, -0.25) is 4.99 Å². The Morgan fingerprint density at radius 1 is 0.938 bits per heavy atom. The molecule has 0 saturated carbocycles. The number of nitrogens with one attached hydrogen (secondary N) is 1. The van der Waals surface area contributed by atoms with E-state index in [2.05, 4.69) is 28.3 Å². The van der Waals surface area contributed by atoms with E-state index in [0.29, 0.717) is 22.6 Å². The Labute approximate surface area is 182 Å². The van der Waals surface area contributed by atoms with Gasteiger partial charge >= 0.3 is 6.18 Å². The summed E-state index contributed by atoms with van der Waals surface area (Å²) in [5.41, 5.74) is 2.58. The number of anilines is 1. The van der Waals surface area contributed by atoms with Crippen LogP contribution in [0.2, 0.25) is 0 Å². The van der Waals surface area contributed by atoms with Crippen molar-refractivity contribution in [3.8, 4) is 11.3 Å². The van der Waals surface area contributed by atoms with Crippen LogP contribution in [0.4, 0.5) is 18.9 Å². The number of nitrogens with zero attached hydrogens (tertiary/aromatic N) is 3. The summed E-state index contributed by atoms with van der Waals surface area (Å²) in [6.07, 6.45) is -2.06. The van der Waals surface area contributed by atoms with E-state index in [1.807, 2.05) is 24.3 Å². The second-order valence-corrected chi connectivity index (χ2v) is 7.59. The first-order chi connectivity index (χ1) is 15.5. The number of fused-ring (bicyclic) bond motifs is 2. The van der Waals surface area contributed by atoms with Gasteiger partial charge in [-0.1, -0.05) is 49.4 Å². The molecule has 2 aromatic heterocycles. The predicted molar refractivity (Wildman–Crippen MR) is 120 cm³/mol. The third-order valence-electron chi connectivity index (χ3n) is 5.59. The normalized spacial score (nSPS) is 15.5. The van der Waals surface area contributed by atoms with Crippen LogP contribution in [0.5, 0.6) is 0 Å². The molecule has 1 unspecified atom stereocenters. The fraction of sp³-hybridized carbons (Fsp3) is 0.160. The number of amidine groups is 1. The molecule has 0 amide bonds. The van der Waals surface area contributed by atoms with E-state index in [0.717, 1.165) is 23.6 Å². The molecule has 7 heteroatoms. The molecule has 1 atom stereocenters. The lowest BCUT2D eigenvalue weighted by Gasteiger charge is -2.15. The van der Waals surface area contributed by atoms with Gasteiger partial charge in [0, 0.05) is 22.7 Å². The first-order valence-electron chi connectivity index (χ1n) is 10.3. The molecule has 0 radical (unpaired) electrons. The Kier molecular flexibility index (Phi) is 4.89. The van der Waals surface area contributed by atoms with Crippen LogP contribution in [0.3, 0.4) is 0 Å². The molecule has 1 aliphatic rings. The molecule has 160 valence electrons. The Balaban J connectivity index is 1.66. The minimum absolute atomic E-state index is 0.01000. The molecule has 0 fully saturated rings. The molecule has 0 bridgehead atoms. The summed E-state index contributed by atoms with van der Waals surface area (Å²) >= 11 is 0. The monoisotopic (exact) mass is 432 g/mol. The van der Waals surface area contributed by atoms with Gasteiger partial charge in [-0.05, 0) is 36.2 Å². The quantitative estimate of drug-likeness (QED) is 0.395. The van der Waals surface area contributed by atoms with E-state index in [4.69, 9.17) is 4.99 Å². The lowest BCUT2D eigenvalue weighted by Crippen LogP contribution is -2.13. The number of hydrogen-bond acceptors (Lipinski definition) is 4. The summed E-state index contributed by atoms with van der Waals surface area (Å²) in [4.78, 5) is 13.6. The summed E-state index contributed by atoms with van der Waals surface area (Å²) in [5.74, 6) is 0.693. The predicted octanol–water partition coefficient (Wildman–Crippen LogP) is 6.64. The first-order valence-corrected chi connectivity index (χ1v) is 10.3. The molecule has 2 aromatic carbocycles. The Morgan fingerprint density at radius 2 is 1.69 bits per heavy atom. The zero-order chi connectivity index (χ0) is 22.3. The van der Waals surface area contributed by atoms with Crippen molar-refractivity contribution in [1.29, 1.82) is 0 Å². The maximum absolute atomic E-state index is 13.6. The average Bonchev–Trinajstić information content (AvgIpc) is 3.16. The van der Waals surface area contributed by atoms with Gasteiger partial charge in [-0.25, -0.2) is 9.97 Å². The molecule has 0 spiro atoms. The molecular weight excluding hydrogens is 413 g/mol. The number of aliphatic imine (C=N–C) groups is 1. The van der Waals surface area contributed by atoms with E-state index in [9.17, 15) is 13.2 Å². The van der Waals surface area contributed by atoms with Crippen molar-refractivity contribution < 1.29 is 13.2 Å². The number of pyridine rings is 2. The highest BCUT2D eigenvalue weighted by Gasteiger charge is 2.34. The van der Waals surface area contributed by atoms with E-state index in [1.165, 1.54) is 12.1 Å². The highest BCUT2D eigenvalue weighted by molar-refractivity contribution is 6.14. The van der Waals surface area contributed by atoms with Gasteiger partial charge in [0.15, 0.2) is 5.65 Å². The molecule has 3 heterocycles. The van der Waals surface area contributed by atoms with Crippen LogP contribution in [0.15, 0.2) is 77.9 Å². The molecule has 0 saturated heterocycles. The highest BCUT2D eigenvalue weighted by Crippen LogP contribution is 2.38. The number of halogens is 3. The lowest BCUT2D eigenvalue weighted by molar-refractivity contribution is -0.137. The van der Waals surface area contributed by atoms with E-state index < -0.39 is 11.7 Å². The van der Waals surface area contributed by atoms with Crippen molar-refractivity contribution in [3.05, 3.63) is 89.6 Å². The van der Waals surface area contributed by atoms with Crippen molar-refractivity contribution in [1.82, 2.24) is 9.97 Å². The fourth-order valence-corrected chi connectivity index (χ4v) is 4.09. The highest BCUT2D eigenvalue weighted by atomic mass is 19.4. The average molecular weight is 432 g/mol. The number of benzene rings is 2. The zero-order valence-electron chi connectivity index (χ0n) is 17.2. The van der Waals surface area contributed by atoms with E-state index >= 15 is 0 Å². The zero-order valence-corrected chi connectivity index (χ0v) is 17.2. The molecule has 0 aliphatic carbocycles.